The van der Waals surface area contributed by atoms with Crippen LogP contribution in [0.5, 0.6) is 0 Å². The molecule has 0 radical (unpaired) electrons. The van der Waals surface area contributed by atoms with Gasteiger partial charge in [-0.25, -0.2) is 4.39 Å². The van der Waals surface area contributed by atoms with Crippen molar-refractivity contribution in [3.8, 4) is 0 Å². The zero-order chi connectivity index (χ0) is 29.2. The maximum absolute atomic E-state index is 14.4. The topological polar surface area (TPSA) is 58.1 Å². The lowest BCUT2D eigenvalue weighted by atomic mass is 9.93. The molecule has 0 spiro atoms. The smallest absolute Gasteiger partial charge is 0.371 e. The molecule has 0 bridgehead atoms. The molecule has 39 heavy (non-hydrogen) atoms. The van der Waals surface area contributed by atoms with Gasteiger partial charge in [0.25, 0.3) is 5.91 Å². The van der Waals surface area contributed by atoms with E-state index in [1.54, 1.807) is 18.2 Å². The predicted octanol–water partition coefficient (Wildman–Crippen LogP) is 7.65. The number of amides is 1. The minimum Gasteiger partial charge on any atom is -0.371 e. The van der Waals surface area contributed by atoms with Crippen LogP contribution in [0.3, 0.4) is 0 Å². The molecule has 15 heteroatoms. The van der Waals surface area contributed by atoms with Gasteiger partial charge in [0.15, 0.2) is 11.0 Å². The van der Waals surface area contributed by atoms with E-state index in [-0.39, 0.29) is 46.6 Å². The first-order valence-electron chi connectivity index (χ1n) is 10.9. The Morgan fingerprint density at radius 3 is 1.97 bits per heavy atom. The van der Waals surface area contributed by atoms with Crippen LogP contribution in [-0.4, -0.2) is 46.9 Å². The summed E-state index contributed by atoms with van der Waals surface area (Å²) in [5.41, 5.74) is -6.37. The summed E-state index contributed by atoms with van der Waals surface area (Å²) in [6.07, 6.45) is -12.2. The van der Waals surface area contributed by atoms with Gasteiger partial charge in [0.2, 0.25) is 0 Å². The van der Waals surface area contributed by atoms with E-state index in [4.69, 9.17) is 34.8 Å². The molecule has 0 aliphatic heterocycles. The number of anilines is 1. The molecule has 5 nitrogen and oxygen atoms in total. The molecule has 210 valence electrons. The van der Waals surface area contributed by atoms with Crippen molar-refractivity contribution < 1.29 is 35.5 Å². The molecule has 0 saturated heterocycles. The van der Waals surface area contributed by atoms with Gasteiger partial charge < -0.3 is 10.2 Å². The minimum atomic E-state index is -6.24. The van der Waals surface area contributed by atoms with E-state index >= 15 is 0 Å². The Labute approximate surface area is 232 Å². The Bertz CT molecular complexity index is 1320. The summed E-state index contributed by atoms with van der Waals surface area (Å²) >= 11 is 17.9. The Morgan fingerprint density at radius 1 is 0.846 bits per heavy atom. The van der Waals surface area contributed by atoms with Gasteiger partial charge in [0, 0.05) is 25.7 Å². The molecular weight excluding hydrogens is 600 g/mol. The number of halogens is 10. The van der Waals surface area contributed by atoms with E-state index in [1.165, 1.54) is 18.0 Å². The fraction of sp³-hybridized carbons (Fsp3) is 0.292. The normalized spacial score (nSPS) is 12.4. The van der Waals surface area contributed by atoms with Gasteiger partial charge in [0.1, 0.15) is 0 Å². The summed E-state index contributed by atoms with van der Waals surface area (Å²) in [4.78, 5) is 14.7. The fourth-order valence-corrected chi connectivity index (χ4v) is 4.11. The first-order chi connectivity index (χ1) is 18.1. The average Bonchev–Trinajstić information content (AvgIpc) is 2.86. The van der Waals surface area contributed by atoms with E-state index in [2.05, 4.69) is 15.5 Å². The molecule has 1 heterocycles. The van der Waals surface area contributed by atoms with Crippen LogP contribution in [0.15, 0.2) is 48.5 Å². The molecule has 0 aliphatic rings. The first-order valence-corrected chi connectivity index (χ1v) is 12.1. The average molecular weight is 618 g/mol. The number of alkyl halides is 7. The van der Waals surface area contributed by atoms with Crippen molar-refractivity contribution in [2.45, 2.75) is 31.0 Å². The lowest BCUT2D eigenvalue weighted by Crippen LogP contribution is -2.50. The van der Waals surface area contributed by atoms with Gasteiger partial charge in [-0.2, -0.15) is 26.3 Å². The molecule has 1 aromatic heterocycles. The van der Waals surface area contributed by atoms with Gasteiger partial charge >= 0.3 is 18.0 Å². The van der Waals surface area contributed by atoms with Crippen molar-refractivity contribution in [1.29, 1.82) is 0 Å². The van der Waals surface area contributed by atoms with Crippen molar-refractivity contribution in [2.24, 2.45) is 0 Å². The van der Waals surface area contributed by atoms with Gasteiger partial charge in [-0.15, -0.1) is 10.2 Å². The maximum atomic E-state index is 14.4. The number of benzene rings is 2. The molecule has 0 saturated carbocycles. The molecule has 1 amide bonds. The molecule has 0 atom stereocenters. The van der Waals surface area contributed by atoms with Crippen LogP contribution < -0.4 is 5.32 Å². The van der Waals surface area contributed by atoms with Crippen molar-refractivity contribution in [3.63, 3.8) is 0 Å². The Hall–Kier alpha value is -2.83. The summed E-state index contributed by atoms with van der Waals surface area (Å²) in [6, 6.07) is 8.62. The lowest BCUT2D eigenvalue weighted by Gasteiger charge is -2.30. The predicted molar refractivity (Wildman–Crippen MR) is 133 cm³/mol. The third-order valence-corrected chi connectivity index (χ3v) is 6.60. The van der Waals surface area contributed by atoms with Crippen LogP contribution in [0.2, 0.25) is 15.2 Å². The quantitative estimate of drug-likeness (QED) is 0.264. The van der Waals surface area contributed by atoms with Crippen molar-refractivity contribution in [1.82, 2.24) is 15.1 Å². The van der Waals surface area contributed by atoms with E-state index in [0.29, 0.717) is 22.7 Å². The number of rotatable bonds is 8. The van der Waals surface area contributed by atoms with Crippen LogP contribution in [0.25, 0.3) is 0 Å². The van der Waals surface area contributed by atoms with E-state index in [1.807, 2.05) is 0 Å². The van der Waals surface area contributed by atoms with Crippen LogP contribution in [0, 0.1) is 0 Å². The molecule has 0 fully saturated rings. The molecule has 1 N–H and O–H groups in total. The van der Waals surface area contributed by atoms with Crippen molar-refractivity contribution >= 4 is 46.5 Å². The van der Waals surface area contributed by atoms with Crippen LogP contribution in [-0.2, 0) is 18.6 Å². The summed E-state index contributed by atoms with van der Waals surface area (Å²) in [6.45, 7) is -0.235. The Morgan fingerprint density at radius 2 is 1.44 bits per heavy atom. The zero-order valence-electron chi connectivity index (χ0n) is 19.8. The number of carbonyl (C=O) groups excluding carboxylic acids is 1. The molecule has 2 aromatic carbocycles. The summed E-state index contributed by atoms with van der Waals surface area (Å²) in [5, 5.41) is 10.6. The second kappa shape index (κ2) is 11.7. The first kappa shape index (κ1) is 30.7. The van der Waals surface area contributed by atoms with Gasteiger partial charge in [-0.1, -0.05) is 65.1 Å². The van der Waals surface area contributed by atoms with Gasteiger partial charge in [-0.3, -0.25) is 4.79 Å². The highest BCUT2D eigenvalue weighted by Gasteiger charge is 2.73. The molecule has 3 rings (SSSR count). The highest BCUT2D eigenvalue weighted by atomic mass is 35.5. The Balaban J connectivity index is 1.95. The Kier molecular flexibility index (Phi) is 9.24. The zero-order valence-corrected chi connectivity index (χ0v) is 22.0. The highest BCUT2D eigenvalue weighted by molar-refractivity contribution is 6.42. The van der Waals surface area contributed by atoms with Gasteiger partial charge in [-0.05, 0) is 35.7 Å². The number of hydrogen-bond donors (Lipinski definition) is 1. The van der Waals surface area contributed by atoms with Gasteiger partial charge in [0.05, 0.1) is 15.6 Å². The summed E-state index contributed by atoms with van der Waals surface area (Å²) < 4.78 is 93.1. The van der Waals surface area contributed by atoms with E-state index < -0.39 is 29.5 Å². The summed E-state index contributed by atoms with van der Waals surface area (Å²) in [5.74, 6) is -0.539. The molecular formula is C24H18Cl3F7N4O. The summed E-state index contributed by atoms with van der Waals surface area (Å²) in [7, 11) is 1.48. The van der Waals surface area contributed by atoms with Crippen LogP contribution >= 0.6 is 34.8 Å². The van der Waals surface area contributed by atoms with Crippen molar-refractivity contribution in [3.05, 3.63) is 86.0 Å². The number of nitrogens with one attached hydrogen (secondary N) is 1. The standard InChI is InChI=1S/C24H18Cl3F7N4O/c1-35-20-16(11-19(27)36-37-20)21(39)38(9-8-13-4-7-17(25)18(26)10-13)12-14-2-5-15(6-3-14)22(28,23(29,30)31)24(32,33)34/h2-7,10-11H,8-9,12H2,1H3,(H,35,37). The molecule has 3 aromatic rings. The van der Waals surface area contributed by atoms with E-state index in [0.717, 1.165) is 12.1 Å². The number of hydrogen-bond acceptors (Lipinski definition) is 4. The third kappa shape index (κ3) is 6.67. The van der Waals surface area contributed by atoms with E-state index in [9.17, 15) is 35.5 Å². The molecule has 0 aliphatic carbocycles. The second-order valence-corrected chi connectivity index (χ2v) is 9.46. The van der Waals surface area contributed by atoms with Crippen molar-refractivity contribution in [2.75, 3.05) is 18.9 Å². The van der Waals surface area contributed by atoms with Crippen LogP contribution in [0.4, 0.5) is 36.6 Å². The monoisotopic (exact) mass is 616 g/mol. The third-order valence-electron chi connectivity index (χ3n) is 5.68. The fourth-order valence-electron chi connectivity index (χ4n) is 3.65. The number of aromatic nitrogens is 2. The maximum Gasteiger partial charge on any atom is 0.435 e. The lowest BCUT2D eigenvalue weighted by molar-refractivity contribution is -0.348. The second-order valence-electron chi connectivity index (χ2n) is 8.26. The number of carbonyl (C=O) groups is 1. The largest absolute Gasteiger partial charge is 0.435 e. The molecule has 0 unspecified atom stereocenters. The van der Waals surface area contributed by atoms with Crippen LogP contribution in [0.1, 0.15) is 27.0 Å². The SMILES string of the molecule is CNc1nnc(Cl)cc1C(=O)N(CCc1ccc(Cl)c(Cl)c1)Cc1ccc(C(F)(C(F)(F)F)C(F)(F)F)cc1. The number of nitrogens with zero attached hydrogens (tertiary/aromatic N) is 3. The minimum absolute atomic E-state index is 0.0141. The highest BCUT2D eigenvalue weighted by Crippen LogP contribution is 2.53.